The highest BCUT2D eigenvalue weighted by Crippen LogP contribution is 2.43. The number of aryl methyl sites for hydroxylation is 1. The molecular weight excluding hydrogens is 319 g/mol. The van der Waals surface area contributed by atoms with Crippen molar-refractivity contribution in [3.05, 3.63) is 47.8 Å². The molecule has 0 aliphatic heterocycles. The largest absolute Gasteiger partial charge is 0.357 e. The van der Waals surface area contributed by atoms with Crippen LogP contribution in [0.25, 0.3) is 0 Å². The molecule has 1 heterocycles. The zero-order valence-electron chi connectivity index (χ0n) is 14.8. The lowest BCUT2D eigenvalue weighted by Crippen LogP contribution is -2.49. The van der Waals surface area contributed by atoms with Crippen molar-refractivity contribution in [2.24, 2.45) is 12.0 Å². The monoisotopic (exact) mass is 344 g/mol. The molecule has 134 valence electrons. The van der Waals surface area contributed by atoms with E-state index in [1.807, 2.05) is 26.1 Å². The van der Waals surface area contributed by atoms with Crippen molar-refractivity contribution in [2.45, 2.75) is 38.1 Å². The van der Waals surface area contributed by atoms with E-state index in [-0.39, 0.29) is 11.2 Å². The maximum absolute atomic E-state index is 13.2. The minimum absolute atomic E-state index is 0.0642. The smallest absolute Gasteiger partial charge is 0.191 e. The van der Waals surface area contributed by atoms with E-state index >= 15 is 0 Å². The molecule has 0 atom stereocenters. The van der Waals surface area contributed by atoms with Crippen molar-refractivity contribution in [3.8, 4) is 0 Å². The van der Waals surface area contributed by atoms with Crippen LogP contribution < -0.4 is 10.6 Å². The van der Waals surface area contributed by atoms with Crippen molar-refractivity contribution in [1.29, 1.82) is 0 Å². The fourth-order valence-corrected chi connectivity index (χ4v) is 3.18. The molecule has 1 aromatic carbocycles. The summed E-state index contributed by atoms with van der Waals surface area (Å²) >= 11 is 0. The molecule has 0 unspecified atom stereocenters. The van der Waals surface area contributed by atoms with Crippen LogP contribution in [0.5, 0.6) is 0 Å². The number of hydrogen-bond donors (Lipinski definition) is 2. The van der Waals surface area contributed by atoms with Crippen LogP contribution in [0.4, 0.5) is 4.39 Å². The Morgan fingerprint density at radius 3 is 2.60 bits per heavy atom. The van der Waals surface area contributed by atoms with Gasteiger partial charge in [-0.1, -0.05) is 18.6 Å². The summed E-state index contributed by atoms with van der Waals surface area (Å²) in [6, 6.07) is 6.89. The number of hydrogen-bond acceptors (Lipinski definition) is 3. The predicted octanol–water partition coefficient (Wildman–Crippen LogP) is 2.13. The maximum atomic E-state index is 13.2. The summed E-state index contributed by atoms with van der Waals surface area (Å²) in [5, 5.41) is 10.8. The van der Waals surface area contributed by atoms with Crippen LogP contribution >= 0.6 is 0 Å². The van der Waals surface area contributed by atoms with Gasteiger partial charge >= 0.3 is 0 Å². The second-order valence-corrected chi connectivity index (χ2v) is 6.49. The molecule has 25 heavy (non-hydrogen) atoms. The van der Waals surface area contributed by atoms with Crippen LogP contribution in [0, 0.1) is 5.82 Å². The van der Waals surface area contributed by atoms with E-state index in [1.54, 1.807) is 16.8 Å². The van der Waals surface area contributed by atoms with Crippen LogP contribution in [-0.2, 0) is 19.0 Å². The van der Waals surface area contributed by atoms with E-state index in [1.165, 1.54) is 18.3 Å². The van der Waals surface area contributed by atoms with E-state index in [9.17, 15) is 4.39 Å². The van der Waals surface area contributed by atoms with E-state index in [2.05, 4.69) is 25.7 Å². The van der Waals surface area contributed by atoms with Gasteiger partial charge < -0.3 is 10.6 Å². The summed E-state index contributed by atoms with van der Waals surface area (Å²) in [7, 11) is 1.86. The zero-order valence-corrected chi connectivity index (χ0v) is 14.8. The van der Waals surface area contributed by atoms with E-state index in [0.29, 0.717) is 6.54 Å². The first-order valence-electron chi connectivity index (χ1n) is 8.74. The zero-order chi connectivity index (χ0) is 17.7. The number of guanidine groups is 1. The van der Waals surface area contributed by atoms with Gasteiger partial charge in [0, 0.05) is 25.6 Å². The van der Waals surface area contributed by atoms with Crippen LogP contribution in [0.3, 0.4) is 0 Å². The van der Waals surface area contributed by atoms with E-state index in [4.69, 9.17) is 0 Å². The molecule has 1 saturated carbocycles. The average Bonchev–Trinajstić information content (AvgIpc) is 2.98. The van der Waals surface area contributed by atoms with Crippen molar-refractivity contribution in [2.75, 3.05) is 13.1 Å². The third-order valence-electron chi connectivity index (χ3n) is 4.89. The van der Waals surface area contributed by atoms with Gasteiger partial charge in [0.25, 0.3) is 0 Å². The van der Waals surface area contributed by atoms with Gasteiger partial charge in [0.05, 0.1) is 0 Å². The first-order valence-corrected chi connectivity index (χ1v) is 8.74. The molecule has 6 nitrogen and oxygen atoms in total. The van der Waals surface area contributed by atoms with Crippen LogP contribution in [0.2, 0.25) is 0 Å². The van der Waals surface area contributed by atoms with Gasteiger partial charge in [0.1, 0.15) is 24.5 Å². The molecule has 1 aliphatic carbocycles. The summed E-state index contributed by atoms with van der Waals surface area (Å²) in [5.41, 5.74) is 1.26. The molecule has 1 aromatic heterocycles. The molecule has 1 fully saturated rings. The number of nitrogens with one attached hydrogen (secondary N) is 2. The summed E-state index contributed by atoms with van der Waals surface area (Å²) in [6.45, 7) is 4.07. The van der Waals surface area contributed by atoms with Gasteiger partial charge in [-0.05, 0) is 37.5 Å². The van der Waals surface area contributed by atoms with Gasteiger partial charge in [-0.25, -0.2) is 14.4 Å². The lowest BCUT2D eigenvalue weighted by atomic mass is 9.64. The Kier molecular flexibility index (Phi) is 5.31. The lowest BCUT2D eigenvalue weighted by Gasteiger charge is -2.43. The maximum Gasteiger partial charge on any atom is 0.191 e. The van der Waals surface area contributed by atoms with Crippen LogP contribution in [0.15, 0.2) is 35.6 Å². The molecule has 0 radical (unpaired) electrons. The van der Waals surface area contributed by atoms with Gasteiger partial charge in [-0.2, -0.15) is 5.10 Å². The highest BCUT2D eigenvalue weighted by atomic mass is 19.1. The number of aromatic nitrogens is 3. The van der Waals surface area contributed by atoms with Crippen LogP contribution in [-0.4, -0.2) is 33.8 Å². The topological polar surface area (TPSA) is 67.1 Å². The Morgan fingerprint density at radius 2 is 2.04 bits per heavy atom. The first kappa shape index (κ1) is 17.4. The van der Waals surface area contributed by atoms with E-state index < -0.39 is 0 Å². The van der Waals surface area contributed by atoms with Gasteiger partial charge in [0.2, 0.25) is 0 Å². The van der Waals surface area contributed by atoms with Crippen LogP contribution in [0.1, 0.15) is 37.6 Å². The molecule has 1 aliphatic rings. The Hall–Kier alpha value is -2.44. The van der Waals surface area contributed by atoms with Gasteiger partial charge in [0.15, 0.2) is 5.96 Å². The molecule has 0 spiro atoms. The van der Waals surface area contributed by atoms with Crippen molar-refractivity contribution >= 4 is 5.96 Å². The number of aliphatic imine (C=N–C) groups is 1. The Morgan fingerprint density at radius 1 is 1.28 bits per heavy atom. The van der Waals surface area contributed by atoms with Crippen molar-refractivity contribution < 1.29 is 4.39 Å². The normalized spacial score (nSPS) is 16.4. The summed E-state index contributed by atoms with van der Waals surface area (Å²) in [4.78, 5) is 8.79. The fourth-order valence-electron chi connectivity index (χ4n) is 3.18. The lowest BCUT2D eigenvalue weighted by molar-refractivity contribution is 0.243. The summed E-state index contributed by atoms with van der Waals surface area (Å²) in [6.07, 6.45) is 4.94. The Labute approximate surface area is 147 Å². The third kappa shape index (κ3) is 3.97. The molecular formula is C18H25FN6. The molecule has 3 rings (SSSR count). The summed E-state index contributed by atoms with van der Waals surface area (Å²) in [5.74, 6) is 1.39. The molecule has 2 aromatic rings. The number of benzene rings is 1. The second kappa shape index (κ2) is 7.63. The minimum Gasteiger partial charge on any atom is -0.357 e. The summed E-state index contributed by atoms with van der Waals surface area (Å²) < 4.78 is 14.9. The Balaban J connectivity index is 1.67. The highest BCUT2D eigenvalue weighted by Gasteiger charge is 2.38. The Bertz CT molecular complexity index is 717. The predicted molar refractivity (Wildman–Crippen MR) is 95.8 cm³/mol. The third-order valence-corrected chi connectivity index (χ3v) is 4.89. The van der Waals surface area contributed by atoms with Gasteiger partial charge in [-0.15, -0.1) is 0 Å². The molecule has 7 heteroatoms. The fraction of sp³-hybridized carbons (Fsp3) is 0.500. The number of nitrogens with zero attached hydrogens (tertiary/aromatic N) is 4. The molecule has 0 amide bonds. The van der Waals surface area contributed by atoms with Crippen molar-refractivity contribution in [3.63, 3.8) is 0 Å². The minimum atomic E-state index is -0.190. The SMILES string of the molecule is CCNC(=NCc1ncnn1C)NCC1(c2ccc(F)cc2)CCC1. The molecule has 0 bridgehead atoms. The second-order valence-electron chi connectivity index (χ2n) is 6.49. The van der Waals surface area contributed by atoms with Gasteiger partial charge in [-0.3, -0.25) is 4.68 Å². The van der Waals surface area contributed by atoms with E-state index in [0.717, 1.165) is 37.7 Å². The number of halogens is 1. The molecule has 0 saturated heterocycles. The number of rotatable bonds is 6. The first-order chi connectivity index (χ1) is 12.1. The molecule has 2 N–H and O–H groups in total. The quantitative estimate of drug-likeness (QED) is 0.622. The average molecular weight is 344 g/mol. The standard InChI is InChI=1S/C18H25FN6/c1-3-20-17(21-11-16-23-13-24-25(16)2)22-12-18(9-4-10-18)14-5-7-15(19)8-6-14/h5-8,13H,3-4,9-12H2,1-2H3,(H2,20,21,22). The van der Waals surface area contributed by atoms with Crippen molar-refractivity contribution in [1.82, 2.24) is 25.4 Å². The highest BCUT2D eigenvalue weighted by molar-refractivity contribution is 5.79.